The van der Waals surface area contributed by atoms with Gasteiger partial charge in [-0.2, -0.15) is 0 Å². The molecule has 2 heterocycles. The highest BCUT2D eigenvalue weighted by atomic mass is 16.5. The summed E-state index contributed by atoms with van der Waals surface area (Å²) in [5, 5.41) is 0. The molecule has 0 aliphatic carbocycles. The van der Waals surface area contributed by atoms with Crippen LogP contribution >= 0.6 is 0 Å². The second-order valence-electron chi connectivity index (χ2n) is 4.13. The zero-order valence-corrected chi connectivity index (χ0v) is 8.74. The Bertz CT molecular complexity index is 214. The maximum atomic E-state index is 11.5. The first-order valence-electron chi connectivity index (χ1n) is 5.33. The van der Waals surface area contributed by atoms with Gasteiger partial charge in [0, 0.05) is 39.4 Å². The van der Waals surface area contributed by atoms with Crippen LogP contribution in [0.3, 0.4) is 0 Å². The van der Waals surface area contributed by atoms with Crippen molar-refractivity contribution in [3.05, 3.63) is 0 Å². The normalized spacial score (nSPS) is 26.9. The molecule has 4 heteroatoms. The van der Waals surface area contributed by atoms with E-state index in [9.17, 15) is 4.79 Å². The van der Waals surface area contributed by atoms with Crippen LogP contribution in [-0.2, 0) is 9.53 Å². The third-order valence-corrected chi connectivity index (χ3v) is 3.19. The summed E-state index contributed by atoms with van der Waals surface area (Å²) in [6.07, 6.45) is 2.16. The Labute approximate surface area is 84.8 Å². The highest BCUT2D eigenvalue weighted by Gasteiger charge is 2.27. The van der Waals surface area contributed by atoms with E-state index in [0.29, 0.717) is 12.6 Å². The van der Waals surface area contributed by atoms with Crippen molar-refractivity contribution in [2.24, 2.45) is 0 Å². The van der Waals surface area contributed by atoms with Gasteiger partial charge in [0.1, 0.15) is 0 Å². The van der Waals surface area contributed by atoms with Crippen LogP contribution in [0.5, 0.6) is 0 Å². The Balaban J connectivity index is 1.88. The number of amides is 1. The summed E-state index contributed by atoms with van der Waals surface area (Å²) < 4.78 is 5.32. The van der Waals surface area contributed by atoms with E-state index in [4.69, 9.17) is 4.74 Å². The van der Waals surface area contributed by atoms with Crippen LogP contribution in [0.1, 0.15) is 12.8 Å². The second-order valence-corrected chi connectivity index (χ2v) is 4.13. The third-order valence-electron chi connectivity index (χ3n) is 3.19. The number of nitrogens with zero attached hydrogens (tertiary/aromatic N) is 2. The second kappa shape index (κ2) is 4.28. The zero-order chi connectivity index (χ0) is 9.97. The van der Waals surface area contributed by atoms with Gasteiger partial charge in [0.2, 0.25) is 5.91 Å². The molecule has 4 nitrogen and oxygen atoms in total. The molecule has 0 radical (unpaired) electrons. The molecule has 0 spiro atoms. The molecule has 0 unspecified atom stereocenters. The van der Waals surface area contributed by atoms with Crippen molar-refractivity contribution in [1.82, 2.24) is 9.80 Å². The predicted octanol–water partition coefficient (Wildman–Crippen LogP) is -0.0606. The molecule has 14 heavy (non-hydrogen) atoms. The Morgan fingerprint density at radius 2 is 2.00 bits per heavy atom. The van der Waals surface area contributed by atoms with Gasteiger partial charge in [-0.1, -0.05) is 0 Å². The monoisotopic (exact) mass is 198 g/mol. The maximum Gasteiger partial charge on any atom is 0.236 e. The van der Waals surface area contributed by atoms with E-state index >= 15 is 0 Å². The van der Waals surface area contributed by atoms with Crippen molar-refractivity contribution in [2.45, 2.75) is 18.9 Å². The molecule has 0 aromatic carbocycles. The molecule has 0 aromatic heterocycles. The van der Waals surface area contributed by atoms with Gasteiger partial charge >= 0.3 is 0 Å². The summed E-state index contributed by atoms with van der Waals surface area (Å²) in [7, 11) is 1.88. The van der Waals surface area contributed by atoms with Crippen molar-refractivity contribution in [3.63, 3.8) is 0 Å². The minimum absolute atomic E-state index is 0.253. The summed E-state index contributed by atoms with van der Waals surface area (Å²) >= 11 is 0. The molecule has 0 aromatic rings. The van der Waals surface area contributed by atoms with E-state index in [1.54, 1.807) is 0 Å². The van der Waals surface area contributed by atoms with E-state index < -0.39 is 0 Å². The molecule has 0 bridgehead atoms. The standard InChI is InChI=1S/C10H18N2O2/c1-11-4-5-12(8-10(11)13)9-2-6-14-7-3-9/h9H,2-8H2,1H3. The average Bonchev–Trinajstić information content (AvgIpc) is 2.23. The quantitative estimate of drug-likeness (QED) is 0.592. The van der Waals surface area contributed by atoms with Gasteiger partial charge in [0.05, 0.1) is 6.54 Å². The highest BCUT2D eigenvalue weighted by Crippen LogP contribution is 2.16. The van der Waals surface area contributed by atoms with Gasteiger partial charge < -0.3 is 9.64 Å². The van der Waals surface area contributed by atoms with Gasteiger partial charge in [-0.3, -0.25) is 9.69 Å². The number of likely N-dealkylation sites (N-methyl/N-ethyl adjacent to an activating group) is 1. The molecule has 2 aliphatic heterocycles. The number of hydrogen-bond acceptors (Lipinski definition) is 3. The summed E-state index contributed by atoms with van der Waals surface area (Å²) in [4.78, 5) is 15.6. The van der Waals surface area contributed by atoms with Crippen molar-refractivity contribution < 1.29 is 9.53 Å². The lowest BCUT2D eigenvalue weighted by molar-refractivity contribution is -0.136. The lowest BCUT2D eigenvalue weighted by atomic mass is 10.1. The predicted molar refractivity (Wildman–Crippen MR) is 53.1 cm³/mol. The Morgan fingerprint density at radius 3 is 2.64 bits per heavy atom. The fourth-order valence-corrected chi connectivity index (χ4v) is 2.14. The number of ether oxygens (including phenoxy) is 1. The van der Waals surface area contributed by atoms with Crippen molar-refractivity contribution in [1.29, 1.82) is 0 Å². The summed E-state index contributed by atoms with van der Waals surface area (Å²) in [6, 6.07) is 0.571. The third kappa shape index (κ3) is 2.07. The van der Waals surface area contributed by atoms with Crippen LogP contribution in [0.4, 0.5) is 0 Å². The minimum Gasteiger partial charge on any atom is -0.381 e. The molecule has 80 valence electrons. The van der Waals surface area contributed by atoms with Crippen LogP contribution in [0.2, 0.25) is 0 Å². The van der Waals surface area contributed by atoms with E-state index in [0.717, 1.165) is 39.1 Å². The topological polar surface area (TPSA) is 32.8 Å². The van der Waals surface area contributed by atoms with Gasteiger partial charge in [-0.25, -0.2) is 0 Å². The SMILES string of the molecule is CN1CCN(C2CCOCC2)CC1=O. The average molecular weight is 198 g/mol. The van der Waals surface area contributed by atoms with Crippen LogP contribution in [0, 0.1) is 0 Å². The number of carbonyl (C=O) groups is 1. The smallest absolute Gasteiger partial charge is 0.236 e. The lowest BCUT2D eigenvalue weighted by Crippen LogP contribution is -2.53. The van der Waals surface area contributed by atoms with Gasteiger partial charge in [-0.15, -0.1) is 0 Å². The van der Waals surface area contributed by atoms with Crippen molar-refractivity contribution in [2.75, 3.05) is 39.9 Å². The van der Waals surface area contributed by atoms with Gasteiger partial charge in [0.25, 0.3) is 0 Å². The Kier molecular flexibility index (Phi) is 3.03. The molecular weight excluding hydrogens is 180 g/mol. The number of hydrogen-bond donors (Lipinski definition) is 0. The largest absolute Gasteiger partial charge is 0.381 e. The number of rotatable bonds is 1. The number of piperazine rings is 1. The van der Waals surface area contributed by atoms with Gasteiger partial charge in [-0.05, 0) is 12.8 Å². The van der Waals surface area contributed by atoms with Crippen LogP contribution in [0.15, 0.2) is 0 Å². The fraction of sp³-hybridized carbons (Fsp3) is 0.900. The van der Waals surface area contributed by atoms with Crippen molar-refractivity contribution in [3.8, 4) is 0 Å². The molecule has 2 rings (SSSR count). The van der Waals surface area contributed by atoms with Crippen molar-refractivity contribution >= 4 is 5.91 Å². The van der Waals surface area contributed by atoms with E-state index in [1.165, 1.54) is 0 Å². The molecule has 0 atom stereocenters. The molecule has 0 saturated carbocycles. The molecule has 0 N–H and O–H groups in total. The van der Waals surface area contributed by atoms with Gasteiger partial charge in [0.15, 0.2) is 0 Å². The Hall–Kier alpha value is -0.610. The molecule has 1 amide bonds. The Morgan fingerprint density at radius 1 is 1.29 bits per heavy atom. The molecule has 2 saturated heterocycles. The fourth-order valence-electron chi connectivity index (χ4n) is 2.14. The summed E-state index contributed by atoms with van der Waals surface area (Å²) in [5.74, 6) is 0.253. The summed E-state index contributed by atoms with van der Waals surface area (Å²) in [6.45, 7) is 4.20. The minimum atomic E-state index is 0.253. The zero-order valence-electron chi connectivity index (χ0n) is 8.74. The molecule has 2 fully saturated rings. The first-order valence-corrected chi connectivity index (χ1v) is 5.33. The highest BCUT2D eigenvalue weighted by molar-refractivity contribution is 5.78. The maximum absolute atomic E-state index is 11.5. The molecule has 2 aliphatic rings. The number of carbonyl (C=O) groups excluding carboxylic acids is 1. The van der Waals surface area contributed by atoms with Crippen LogP contribution < -0.4 is 0 Å². The van der Waals surface area contributed by atoms with E-state index in [1.807, 2.05) is 11.9 Å². The van der Waals surface area contributed by atoms with Crippen LogP contribution in [0.25, 0.3) is 0 Å². The van der Waals surface area contributed by atoms with E-state index in [2.05, 4.69) is 4.90 Å². The lowest BCUT2D eigenvalue weighted by Gasteiger charge is -2.38. The first kappa shape index (κ1) is 9.93. The van der Waals surface area contributed by atoms with Crippen LogP contribution in [-0.4, -0.2) is 61.6 Å². The summed E-state index contributed by atoms with van der Waals surface area (Å²) in [5.41, 5.74) is 0. The molecular formula is C10H18N2O2. The first-order chi connectivity index (χ1) is 6.77. The van der Waals surface area contributed by atoms with E-state index in [-0.39, 0.29) is 5.91 Å².